The zero-order chi connectivity index (χ0) is 30.0. The summed E-state index contributed by atoms with van der Waals surface area (Å²) in [6.45, 7) is 12.4. The molecule has 0 saturated carbocycles. The van der Waals surface area contributed by atoms with Gasteiger partial charge in [-0.25, -0.2) is 0 Å². The van der Waals surface area contributed by atoms with Crippen molar-refractivity contribution in [2.24, 2.45) is 0 Å². The van der Waals surface area contributed by atoms with Gasteiger partial charge in [-0.2, -0.15) is 0 Å². The quantitative estimate of drug-likeness (QED) is 0.183. The molecule has 0 saturated heterocycles. The zero-order valence-corrected chi connectivity index (χ0v) is 27.0. The lowest BCUT2D eigenvalue weighted by Gasteiger charge is -2.20. The number of hydrogen-bond acceptors (Lipinski definition) is 8. The highest BCUT2D eigenvalue weighted by atomic mass is 32.2. The molecular weight excluding hydrogens is 569 g/mol. The highest BCUT2D eigenvalue weighted by Crippen LogP contribution is 2.58. The Bertz CT molecular complexity index is 1600. The number of rotatable bonds is 9. The van der Waals surface area contributed by atoms with Gasteiger partial charge < -0.3 is 29.2 Å². The van der Waals surface area contributed by atoms with Gasteiger partial charge in [0.05, 0.1) is 25.3 Å². The van der Waals surface area contributed by atoms with Gasteiger partial charge in [0.25, 0.3) is 0 Å². The van der Waals surface area contributed by atoms with Gasteiger partial charge in [0.2, 0.25) is 0 Å². The number of aromatic hydroxyl groups is 2. The molecule has 2 aliphatic rings. The maximum absolute atomic E-state index is 11.3. The minimum absolute atomic E-state index is 0.127. The number of thioether (sulfide) groups is 2. The monoisotopic (exact) mass is 606 g/mol. The van der Waals surface area contributed by atoms with Gasteiger partial charge in [-0.3, -0.25) is 0 Å². The van der Waals surface area contributed by atoms with Crippen molar-refractivity contribution in [3.05, 3.63) is 57.6 Å². The summed E-state index contributed by atoms with van der Waals surface area (Å²) in [6.07, 6.45) is 0. The van der Waals surface area contributed by atoms with Crippen molar-refractivity contribution in [3.8, 4) is 34.5 Å². The SMILES string of the molecule is COc1c(O)c(C(C)C)c2cc(C)cc3c2c1C(SCCSC1Oc2cc(C)cc4c(C(C)C)c(O)c(OC)c1c24)O3. The number of hydrogen-bond donors (Lipinski definition) is 2. The lowest BCUT2D eigenvalue weighted by atomic mass is 9.90. The normalized spacial score (nSPS) is 17.0. The Labute approximate surface area is 255 Å². The Morgan fingerprint density at radius 3 is 1.40 bits per heavy atom. The van der Waals surface area contributed by atoms with Gasteiger partial charge in [0, 0.05) is 33.4 Å². The van der Waals surface area contributed by atoms with Gasteiger partial charge in [0.15, 0.2) is 33.9 Å². The highest BCUT2D eigenvalue weighted by Gasteiger charge is 2.37. The number of aryl methyl sites for hydroxylation is 2. The third-order valence-electron chi connectivity index (χ3n) is 8.17. The van der Waals surface area contributed by atoms with Crippen molar-refractivity contribution < 1.29 is 29.2 Å². The van der Waals surface area contributed by atoms with E-state index < -0.39 is 0 Å². The molecule has 42 heavy (non-hydrogen) atoms. The van der Waals surface area contributed by atoms with E-state index in [9.17, 15) is 10.2 Å². The van der Waals surface area contributed by atoms with Crippen molar-refractivity contribution in [1.29, 1.82) is 0 Å². The number of phenolic OH excluding ortho intramolecular Hbond substituents is 2. The molecule has 6 nitrogen and oxygen atoms in total. The first-order valence-corrected chi connectivity index (χ1v) is 16.5. The fourth-order valence-corrected chi connectivity index (χ4v) is 8.90. The molecule has 222 valence electrons. The molecule has 0 aliphatic carbocycles. The lowest BCUT2D eigenvalue weighted by Crippen LogP contribution is -2.05. The minimum Gasteiger partial charge on any atom is -0.504 e. The first-order chi connectivity index (χ1) is 20.1. The topological polar surface area (TPSA) is 77.4 Å². The van der Waals surface area contributed by atoms with Crippen LogP contribution in [-0.2, 0) is 0 Å². The highest BCUT2D eigenvalue weighted by molar-refractivity contribution is 8.03. The molecule has 2 unspecified atom stereocenters. The maximum atomic E-state index is 11.3. The first-order valence-electron chi connectivity index (χ1n) is 14.4. The maximum Gasteiger partial charge on any atom is 0.174 e. The summed E-state index contributed by atoms with van der Waals surface area (Å²) in [4.78, 5) is 0. The molecule has 2 atom stereocenters. The van der Waals surface area contributed by atoms with Crippen molar-refractivity contribution >= 4 is 45.1 Å². The molecule has 0 amide bonds. The Morgan fingerprint density at radius 1 is 0.690 bits per heavy atom. The second-order valence-corrected chi connectivity index (χ2v) is 14.1. The Hall–Kier alpha value is -3.10. The Balaban J connectivity index is 1.27. The van der Waals surface area contributed by atoms with Gasteiger partial charge in [0.1, 0.15) is 11.5 Å². The van der Waals surface area contributed by atoms with Crippen LogP contribution in [0.15, 0.2) is 24.3 Å². The smallest absolute Gasteiger partial charge is 0.174 e. The summed E-state index contributed by atoms with van der Waals surface area (Å²) in [5.74, 6) is 4.87. The standard InChI is InChI=1S/C34H38O6S2/c1-15(2)23-19-11-17(5)13-21-25(19)27(31(37-7)29(23)35)33(39-21)41-9-10-42-34-28-26-20(12-18(6)14-22(26)40-34)24(16(3)4)30(36)32(28)38-8/h11-16,33-36H,9-10H2,1-8H3. The lowest BCUT2D eigenvalue weighted by molar-refractivity contribution is 0.302. The van der Waals surface area contributed by atoms with E-state index in [1.54, 1.807) is 37.7 Å². The van der Waals surface area contributed by atoms with Crippen molar-refractivity contribution in [3.63, 3.8) is 0 Å². The molecule has 0 bridgehead atoms. The van der Waals surface area contributed by atoms with Crippen LogP contribution >= 0.6 is 23.5 Å². The molecule has 0 aromatic heterocycles. The van der Waals surface area contributed by atoms with Crippen LogP contribution in [-0.4, -0.2) is 35.9 Å². The second kappa shape index (κ2) is 10.9. The molecule has 4 aromatic carbocycles. The second-order valence-electron chi connectivity index (χ2n) is 11.7. The Morgan fingerprint density at radius 2 is 1.07 bits per heavy atom. The predicted octanol–water partition coefficient (Wildman–Crippen LogP) is 9.23. The molecule has 0 radical (unpaired) electrons. The fourth-order valence-electron chi connectivity index (χ4n) is 6.58. The van der Waals surface area contributed by atoms with Crippen molar-refractivity contribution in [2.75, 3.05) is 25.7 Å². The first kappa shape index (κ1) is 29.0. The van der Waals surface area contributed by atoms with Gasteiger partial charge in [-0.1, -0.05) is 39.8 Å². The van der Waals surface area contributed by atoms with Crippen molar-refractivity contribution in [1.82, 2.24) is 0 Å². The zero-order valence-electron chi connectivity index (χ0n) is 25.4. The number of ether oxygens (including phenoxy) is 4. The van der Waals surface area contributed by atoms with E-state index in [4.69, 9.17) is 18.9 Å². The van der Waals surface area contributed by atoms with E-state index >= 15 is 0 Å². The Kier molecular flexibility index (Phi) is 7.50. The van der Waals surface area contributed by atoms with Crippen molar-refractivity contribution in [2.45, 2.75) is 64.3 Å². The van der Waals surface area contributed by atoms with Gasteiger partial charge in [-0.15, -0.1) is 23.5 Å². The number of benzene rings is 4. The van der Waals surface area contributed by atoms with Gasteiger partial charge in [-0.05, 0) is 59.7 Å². The summed E-state index contributed by atoms with van der Waals surface area (Å²) < 4.78 is 24.5. The molecule has 2 N–H and O–H groups in total. The van der Waals surface area contributed by atoms with Crippen LogP contribution in [0.2, 0.25) is 0 Å². The third-order valence-corrected chi connectivity index (χ3v) is 10.6. The van der Waals surface area contributed by atoms with Gasteiger partial charge >= 0.3 is 0 Å². The van der Waals surface area contributed by atoms with Crippen LogP contribution in [0, 0.1) is 13.8 Å². The summed E-state index contributed by atoms with van der Waals surface area (Å²) in [6, 6.07) is 8.40. The summed E-state index contributed by atoms with van der Waals surface area (Å²) >= 11 is 3.37. The predicted molar refractivity (Wildman–Crippen MR) is 174 cm³/mol. The average Bonchev–Trinajstić information content (AvgIpc) is 3.45. The largest absolute Gasteiger partial charge is 0.504 e. The van der Waals surface area contributed by atoms with E-state index in [0.717, 1.165) is 77.9 Å². The fraction of sp³-hybridized carbons (Fsp3) is 0.412. The summed E-state index contributed by atoms with van der Waals surface area (Å²) in [5.41, 5.74) is 5.17. The van der Waals surface area contributed by atoms with Crippen LogP contribution in [0.1, 0.15) is 83.8 Å². The van der Waals surface area contributed by atoms with E-state index in [-0.39, 0.29) is 34.2 Å². The van der Waals surface area contributed by atoms with E-state index in [1.807, 2.05) is 0 Å². The number of methoxy groups -OCH3 is 2. The molecular formula is C34H38O6S2. The molecule has 8 heteroatoms. The third kappa shape index (κ3) is 4.41. The summed E-state index contributed by atoms with van der Waals surface area (Å²) in [7, 11) is 3.21. The summed E-state index contributed by atoms with van der Waals surface area (Å²) in [5, 5.41) is 26.7. The number of phenols is 2. The molecule has 2 heterocycles. The van der Waals surface area contributed by atoms with E-state index in [2.05, 4.69) is 65.8 Å². The molecule has 4 aromatic rings. The minimum atomic E-state index is -0.299. The van der Waals surface area contributed by atoms with Crippen LogP contribution in [0.4, 0.5) is 0 Å². The molecule has 2 aliphatic heterocycles. The van der Waals surface area contributed by atoms with E-state index in [1.165, 1.54) is 0 Å². The molecule has 6 rings (SSSR count). The van der Waals surface area contributed by atoms with Crippen LogP contribution in [0.5, 0.6) is 34.5 Å². The van der Waals surface area contributed by atoms with Crippen LogP contribution < -0.4 is 18.9 Å². The van der Waals surface area contributed by atoms with E-state index in [0.29, 0.717) is 11.5 Å². The average molecular weight is 607 g/mol. The van der Waals surface area contributed by atoms with Crippen LogP contribution in [0.3, 0.4) is 0 Å². The molecule has 0 spiro atoms. The van der Waals surface area contributed by atoms with Crippen LogP contribution in [0.25, 0.3) is 21.5 Å². The molecule has 0 fully saturated rings.